The molecular weight excluding hydrogens is 305 g/mol. The molecule has 2 fully saturated rings. The zero-order valence-electron chi connectivity index (χ0n) is 12.4. The number of halogens is 1. The minimum atomic E-state index is -1.32. The van der Waals surface area contributed by atoms with Crippen molar-refractivity contribution in [2.45, 2.75) is 24.5 Å². The second-order valence-electron chi connectivity index (χ2n) is 6.08. The molecule has 2 N–H and O–H groups in total. The third kappa shape index (κ3) is 2.94. The van der Waals surface area contributed by atoms with Crippen molar-refractivity contribution in [3.63, 3.8) is 0 Å². The summed E-state index contributed by atoms with van der Waals surface area (Å²) in [4.78, 5) is 25.1. The number of carbonyl (C=O) groups is 2. The monoisotopic (exact) mass is 323 g/mol. The van der Waals surface area contributed by atoms with Gasteiger partial charge in [0.1, 0.15) is 17.5 Å². The van der Waals surface area contributed by atoms with E-state index in [2.05, 4.69) is 0 Å². The van der Waals surface area contributed by atoms with Crippen LogP contribution in [0.25, 0.3) is 0 Å². The number of hydrogen-bond donors (Lipinski definition) is 2. The Balaban J connectivity index is 1.74. The van der Waals surface area contributed by atoms with E-state index >= 15 is 0 Å². The first-order valence-corrected chi connectivity index (χ1v) is 7.52. The Morgan fingerprint density at radius 2 is 2.17 bits per heavy atom. The summed E-state index contributed by atoms with van der Waals surface area (Å²) in [6.07, 6.45) is -0.442. The molecule has 1 amide bonds. The first-order chi connectivity index (χ1) is 10.9. The summed E-state index contributed by atoms with van der Waals surface area (Å²) in [6.45, 7) is 0.509. The van der Waals surface area contributed by atoms with E-state index in [0.717, 1.165) is 0 Å². The summed E-state index contributed by atoms with van der Waals surface area (Å²) in [6, 6.07) is 5.66. The summed E-state index contributed by atoms with van der Waals surface area (Å²) in [7, 11) is 0. The van der Waals surface area contributed by atoms with Crippen molar-refractivity contribution in [3.05, 3.63) is 35.6 Å². The van der Waals surface area contributed by atoms with Gasteiger partial charge in [-0.1, -0.05) is 12.1 Å². The number of carboxylic acids is 1. The second-order valence-corrected chi connectivity index (χ2v) is 6.08. The minimum Gasteiger partial charge on any atom is -0.481 e. The number of likely N-dealkylation sites (tertiary alicyclic amines) is 1. The molecule has 2 aliphatic heterocycles. The molecule has 2 heterocycles. The van der Waals surface area contributed by atoms with Crippen molar-refractivity contribution in [1.82, 2.24) is 4.90 Å². The predicted molar refractivity (Wildman–Crippen MR) is 77.0 cm³/mol. The van der Waals surface area contributed by atoms with Gasteiger partial charge in [0.25, 0.3) is 5.91 Å². The van der Waals surface area contributed by atoms with Gasteiger partial charge in [-0.3, -0.25) is 9.59 Å². The van der Waals surface area contributed by atoms with Crippen LogP contribution in [-0.4, -0.2) is 52.8 Å². The molecule has 1 aromatic carbocycles. The predicted octanol–water partition coefficient (Wildman–Crippen LogP) is 0.735. The summed E-state index contributed by atoms with van der Waals surface area (Å²) in [5, 5.41) is 19.9. The summed E-state index contributed by atoms with van der Waals surface area (Å²) in [5.74, 6) is -2.79. The Kier molecular flexibility index (Phi) is 4.08. The van der Waals surface area contributed by atoms with Gasteiger partial charge in [-0.25, -0.2) is 4.39 Å². The van der Waals surface area contributed by atoms with E-state index in [1.165, 1.54) is 23.1 Å². The molecule has 124 valence electrons. The normalized spacial score (nSPS) is 30.6. The number of ether oxygens (including phenoxy) is 1. The molecule has 6 nitrogen and oxygen atoms in total. The van der Waals surface area contributed by atoms with Gasteiger partial charge in [-0.15, -0.1) is 0 Å². The maximum atomic E-state index is 13.4. The molecule has 3 atom stereocenters. The van der Waals surface area contributed by atoms with Crippen molar-refractivity contribution < 1.29 is 28.9 Å². The molecule has 0 saturated carbocycles. The smallest absolute Gasteiger partial charge is 0.309 e. The first kappa shape index (κ1) is 15.9. The molecule has 1 aromatic rings. The van der Waals surface area contributed by atoms with Crippen LogP contribution in [0.15, 0.2) is 24.3 Å². The summed E-state index contributed by atoms with van der Waals surface area (Å²) in [5.41, 5.74) is -0.912. The number of nitrogens with zero attached hydrogens (tertiary/aromatic N) is 1. The number of hydrogen-bond acceptors (Lipinski definition) is 4. The fraction of sp³-hybridized carbons (Fsp3) is 0.500. The number of aliphatic carboxylic acids is 1. The van der Waals surface area contributed by atoms with Crippen LogP contribution in [0.1, 0.15) is 18.4 Å². The van der Waals surface area contributed by atoms with Gasteiger partial charge in [0.2, 0.25) is 0 Å². The molecule has 2 aliphatic rings. The zero-order valence-corrected chi connectivity index (χ0v) is 12.4. The molecule has 0 radical (unpaired) electrons. The van der Waals surface area contributed by atoms with Gasteiger partial charge in [-0.05, 0) is 30.5 Å². The highest BCUT2D eigenvalue weighted by Crippen LogP contribution is 2.34. The van der Waals surface area contributed by atoms with Crippen LogP contribution in [-0.2, 0) is 19.9 Å². The van der Waals surface area contributed by atoms with E-state index in [-0.39, 0.29) is 26.1 Å². The Morgan fingerprint density at radius 1 is 1.39 bits per heavy atom. The van der Waals surface area contributed by atoms with Crippen LogP contribution in [0.4, 0.5) is 4.39 Å². The van der Waals surface area contributed by atoms with E-state index in [1.807, 2.05) is 0 Å². The molecule has 3 rings (SSSR count). The Labute approximate surface area is 132 Å². The highest BCUT2D eigenvalue weighted by atomic mass is 19.1. The van der Waals surface area contributed by atoms with Gasteiger partial charge >= 0.3 is 5.97 Å². The number of carboxylic acid groups (broad SMARTS) is 1. The molecule has 0 aliphatic carbocycles. The Bertz CT molecular complexity index is 637. The Hall–Kier alpha value is -1.99. The van der Waals surface area contributed by atoms with Gasteiger partial charge in [-0.2, -0.15) is 0 Å². The lowest BCUT2D eigenvalue weighted by molar-refractivity contribution is -0.152. The highest BCUT2D eigenvalue weighted by molar-refractivity contribution is 5.87. The molecule has 23 heavy (non-hydrogen) atoms. The number of benzene rings is 1. The van der Waals surface area contributed by atoms with Crippen molar-refractivity contribution in [1.29, 1.82) is 0 Å². The van der Waals surface area contributed by atoms with E-state index in [9.17, 15) is 19.1 Å². The maximum absolute atomic E-state index is 13.4. The second kappa shape index (κ2) is 5.90. The van der Waals surface area contributed by atoms with Crippen molar-refractivity contribution in [2.75, 3.05) is 19.7 Å². The third-order valence-electron chi connectivity index (χ3n) is 4.57. The zero-order chi connectivity index (χ0) is 16.6. The summed E-state index contributed by atoms with van der Waals surface area (Å²) < 4.78 is 18.6. The van der Waals surface area contributed by atoms with Crippen LogP contribution in [0.3, 0.4) is 0 Å². The van der Waals surface area contributed by atoms with Crippen molar-refractivity contribution in [3.8, 4) is 0 Å². The van der Waals surface area contributed by atoms with Gasteiger partial charge < -0.3 is 19.8 Å². The fourth-order valence-corrected chi connectivity index (χ4v) is 3.26. The molecule has 3 unspecified atom stereocenters. The van der Waals surface area contributed by atoms with E-state index < -0.39 is 35.3 Å². The van der Waals surface area contributed by atoms with Gasteiger partial charge in [0, 0.05) is 13.2 Å². The lowest BCUT2D eigenvalue weighted by atomic mass is 9.93. The highest BCUT2D eigenvalue weighted by Gasteiger charge is 2.46. The van der Waals surface area contributed by atoms with Crippen LogP contribution in [0.5, 0.6) is 0 Å². The minimum absolute atomic E-state index is 0.00147. The lowest BCUT2D eigenvalue weighted by Gasteiger charge is -2.26. The molecule has 2 saturated heterocycles. The quantitative estimate of drug-likeness (QED) is 0.856. The van der Waals surface area contributed by atoms with Crippen molar-refractivity contribution in [2.24, 2.45) is 5.92 Å². The standard InChI is InChI=1S/C16H18FNO5/c17-11-3-1-2-10(8-11)16(22)5-6-18(9-16)14(19)13-12(15(20)21)4-7-23-13/h1-3,8,12-13,22H,4-7,9H2,(H,20,21). The number of rotatable bonds is 3. The van der Waals surface area contributed by atoms with Crippen LogP contribution in [0.2, 0.25) is 0 Å². The van der Waals surface area contributed by atoms with E-state index in [0.29, 0.717) is 12.0 Å². The average molecular weight is 323 g/mol. The SMILES string of the molecule is O=C(O)C1CCOC1C(=O)N1CCC(O)(c2cccc(F)c2)C1. The summed E-state index contributed by atoms with van der Waals surface area (Å²) >= 11 is 0. The molecule has 0 spiro atoms. The number of β-amino-alcohol motifs (C(OH)–C–C–N with tert-alkyl or cyclic N) is 1. The van der Waals surface area contributed by atoms with Gasteiger partial charge in [0.05, 0.1) is 12.5 Å². The lowest BCUT2D eigenvalue weighted by Crippen LogP contribution is -2.43. The number of amides is 1. The fourth-order valence-electron chi connectivity index (χ4n) is 3.26. The molecular formula is C16H18FNO5. The molecule has 0 bridgehead atoms. The largest absolute Gasteiger partial charge is 0.481 e. The topological polar surface area (TPSA) is 87.1 Å². The average Bonchev–Trinajstić information content (AvgIpc) is 3.14. The maximum Gasteiger partial charge on any atom is 0.309 e. The van der Waals surface area contributed by atoms with Crippen molar-refractivity contribution >= 4 is 11.9 Å². The number of aliphatic hydroxyl groups is 1. The van der Waals surface area contributed by atoms with Crippen LogP contribution >= 0.6 is 0 Å². The van der Waals surface area contributed by atoms with Gasteiger partial charge in [0.15, 0.2) is 0 Å². The van der Waals surface area contributed by atoms with Crippen LogP contribution in [0, 0.1) is 11.7 Å². The molecule has 0 aromatic heterocycles. The van der Waals surface area contributed by atoms with E-state index in [4.69, 9.17) is 9.84 Å². The Morgan fingerprint density at radius 3 is 2.87 bits per heavy atom. The molecule has 7 heteroatoms. The number of carbonyl (C=O) groups excluding carboxylic acids is 1. The van der Waals surface area contributed by atoms with Crippen LogP contribution < -0.4 is 0 Å². The third-order valence-corrected chi connectivity index (χ3v) is 4.57. The first-order valence-electron chi connectivity index (χ1n) is 7.52. The van der Waals surface area contributed by atoms with E-state index in [1.54, 1.807) is 6.07 Å².